The highest BCUT2D eigenvalue weighted by Gasteiger charge is 2.40. The maximum absolute atomic E-state index is 12.5. The second-order valence-corrected chi connectivity index (χ2v) is 7.38. The number of hydrogen-bond donors (Lipinski definition) is 0. The third-order valence-corrected chi connectivity index (χ3v) is 5.81. The summed E-state index contributed by atoms with van der Waals surface area (Å²) < 4.78 is 5.18. The highest BCUT2D eigenvalue weighted by atomic mass is 32.2. The van der Waals surface area contributed by atoms with Crippen molar-refractivity contribution in [2.75, 3.05) is 26.7 Å². The van der Waals surface area contributed by atoms with Gasteiger partial charge in [-0.25, -0.2) is 0 Å². The zero-order chi connectivity index (χ0) is 16.4. The molecular weight excluding hydrogens is 312 g/mol. The van der Waals surface area contributed by atoms with Crippen molar-refractivity contribution in [3.05, 3.63) is 29.8 Å². The molecule has 2 aliphatic heterocycles. The van der Waals surface area contributed by atoms with Gasteiger partial charge in [0.2, 0.25) is 11.8 Å². The summed E-state index contributed by atoms with van der Waals surface area (Å²) in [5.74, 6) is 0.892. The first-order valence-electron chi connectivity index (χ1n) is 7.98. The molecule has 6 heteroatoms. The molecule has 0 saturated carbocycles. The van der Waals surface area contributed by atoms with E-state index in [0.717, 1.165) is 37.2 Å². The number of thioether (sulfide) groups is 1. The molecule has 0 spiro atoms. The van der Waals surface area contributed by atoms with Crippen LogP contribution in [-0.2, 0) is 9.59 Å². The van der Waals surface area contributed by atoms with Crippen LogP contribution >= 0.6 is 11.8 Å². The van der Waals surface area contributed by atoms with Gasteiger partial charge < -0.3 is 14.5 Å². The Kier molecular flexibility index (Phi) is 4.80. The van der Waals surface area contributed by atoms with Crippen LogP contribution in [0.2, 0.25) is 0 Å². The average molecular weight is 334 g/mol. The maximum Gasteiger partial charge on any atom is 0.242 e. The van der Waals surface area contributed by atoms with Crippen molar-refractivity contribution in [2.24, 2.45) is 0 Å². The van der Waals surface area contributed by atoms with E-state index in [1.807, 2.05) is 36.1 Å². The topological polar surface area (TPSA) is 49.9 Å². The summed E-state index contributed by atoms with van der Waals surface area (Å²) in [6.07, 6.45) is 2.12. The monoisotopic (exact) mass is 334 g/mol. The summed E-state index contributed by atoms with van der Waals surface area (Å²) in [6, 6.07) is 7.72. The second-order valence-electron chi connectivity index (χ2n) is 5.96. The molecule has 2 unspecified atom stereocenters. The number of rotatable bonds is 4. The van der Waals surface area contributed by atoms with Crippen molar-refractivity contribution in [1.29, 1.82) is 0 Å². The second kappa shape index (κ2) is 6.83. The summed E-state index contributed by atoms with van der Waals surface area (Å²) >= 11 is 1.60. The molecule has 5 nitrogen and oxygen atoms in total. The summed E-state index contributed by atoms with van der Waals surface area (Å²) in [5, 5.41) is -0.219. The molecule has 1 aromatic rings. The summed E-state index contributed by atoms with van der Waals surface area (Å²) in [6.45, 7) is 3.71. The van der Waals surface area contributed by atoms with E-state index in [9.17, 15) is 9.59 Å². The Morgan fingerprint density at radius 3 is 2.52 bits per heavy atom. The molecule has 1 aromatic carbocycles. The number of carbonyl (C=O) groups is 2. The predicted molar refractivity (Wildman–Crippen MR) is 90.3 cm³/mol. The van der Waals surface area contributed by atoms with E-state index in [-0.39, 0.29) is 29.0 Å². The van der Waals surface area contributed by atoms with E-state index in [2.05, 4.69) is 0 Å². The molecule has 124 valence electrons. The molecule has 2 fully saturated rings. The predicted octanol–water partition coefficient (Wildman–Crippen LogP) is 2.28. The Balaban J connectivity index is 1.76. The molecule has 0 aliphatic carbocycles. The molecular formula is C17H22N2O3S. The molecule has 2 aliphatic rings. The van der Waals surface area contributed by atoms with Gasteiger partial charge in [-0.3, -0.25) is 9.59 Å². The van der Waals surface area contributed by atoms with Gasteiger partial charge in [0.05, 0.1) is 12.4 Å². The van der Waals surface area contributed by atoms with Gasteiger partial charge in [-0.1, -0.05) is 12.1 Å². The average Bonchev–Trinajstić information content (AvgIpc) is 3.19. The smallest absolute Gasteiger partial charge is 0.242 e. The van der Waals surface area contributed by atoms with Crippen LogP contribution in [0.1, 0.15) is 30.7 Å². The first kappa shape index (κ1) is 16.2. The van der Waals surface area contributed by atoms with Gasteiger partial charge in [0, 0.05) is 13.1 Å². The molecule has 2 saturated heterocycles. The van der Waals surface area contributed by atoms with Crippen molar-refractivity contribution in [1.82, 2.24) is 9.80 Å². The molecule has 0 radical (unpaired) electrons. The lowest BCUT2D eigenvalue weighted by atomic mass is 10.2. The van der Waals surface area contributed by atoms with Crippen molar-refractivity contribution in [3.63, 3.8) is 0 Å². The molecule has 3 rings (SSSR count). The maximum atomic E-state index is 12.5. The van der Waals surface area contributed by atoms with Crippen LogP contribution in [0.15, 0.2) is 24.3 Å². The van der Waals surface area contributed by atoms with Crippen molar-refractivity contribution in [3.8, 4) is 5.75 Å². The SMILES string of the molecule is COc1ccc(C2SC(C)C(=O)N2CC(=O)N2CCCC2)cc1. The molecule has 2 amide bonds. The number of ether oxygens (including phenoxy) is 1. The fourth-order valence-corrected chi connectivity index (χ4v) is 4.35. The molecule has 0 aromatic heterocycles. The van der Waals surface area contributed by atoms with Gasteiger partial charge in [0.15, 0.2) is 0 Å². The van der Waals surface area contributed by atoms with Crippen LogP contribution in [0.5, 0.6) is 5.75 Å². The number of methoxy groups -OCH3 is 1. The number of likely N-dealkylation sites (tertiary alicyclic amines) is 1. The van der Waals surface area contributed by atoms with E-state index < -0.39 is 0 Å². The minimum absolute atomic E-state index is 0.0448. The Hall–Kier alpha value is -1.69. The Morgan fingerprint density at radius 2 is 1.91 bits per heavy atom. The third kappa shape index (κ3) is 3.32. The van der Waals surface area contributed by atoms with E-state index in [0.29, 0.717) is 0 Å². The van der Waals surface area contributed by atoms with E-state index in [1.54, 1.807) is 23.8 Å². The highest BCUT2D eigenvalue weighted by Crippen LogP contribution is 2.43. The summed E-state index contributed by atoms with van der Waals surface area (Å²) in [5.41, 5.74) is 1.03. The lowest BCUT2D eigenvalue weighted by Gasteiger charge is -2.26. The van der Waals surface area contributed by atoms with Gasteiger partial charge >= 0.3 is 0 Å². The number of carbonyl (C=O) groups excluding carboxylic acids is 2. The minimum Gasteiger partial charge on any atom is -0.497 e. The first-order chi connectivity index (χ1) is 11.1. The highest BCUT2D eigenvalue weighted by molar-refractivity contribution is 8.01. The standard InChI is InChI=1S/C17H22N2O3S/c1-12-16(21)19(11-15(20)18-9-3-4-10-18)17(23-12)13-5-7-14(22-2)8-6-13/h5-8,12,17H,3-4,9-11H2,1-2H3. The fourth-order valence-electron chi connectivity index (χ4n) is 3.07. The number of hydrogen-bond acceptors (Lipinski definition) is 4. The fraction of sp³-hybridized carbons (Fsp3) is 0.529. The summed E-state index contributed by atoms with van der Waals surface area (Å²) in [7, 11) is 1.63. The first-order valence-corrected chi connectivity index (χ1v) is 8.92. The zero-order valence-electron chi connectivity index (χ0n) is 13.5. The third-order valence-electron chi connectivity index (χ3n) is 4.41. The summed E-state index contributed by atoms with van der Waals surface area (Å²) in [4.78, 5) is 28.5. The van der Waals surface area contributed by atoms with Crippen LogP contribution in [0.3, 0.4) is 0 Å². The van der Waals surface area contributed by atoms with E-state index in [4.69, 9.17) is 4.74 Å². The molecule has 2 atom stereocenters. The van der Waals surface area contributed by atoms with Crippen LogP contribution in [0.4, 0.5) is 0 Å². The van der Waals surface area contributed by atoms with Gasteiger partial charge in [0.1, 0.15) is 17.7 Å². The Bertz CT molecular complexity index is 584. The zero-order valence-corrected chi connectivity index (χ0v) is 14.3. The molecule has 2 heterocycles. The quantitative estimate of drug-likeness (QED) is 0.848. The lowest BCUT2D eigenvalue weighted by Crippen LogP contribution is -2.41. The van der Waals surface area contributed by atoms with Gasteiger partial charge in [-0.2, -0.15) is 0 Å². The normalized spacial score (nSPS) is 24.3. The molecule has 0 N–H and O–H groups in total. The largest absolute Gasteiger partial charge is 0.497 e. The van der Waals surface area contributed by atoms with E-state index in [1.165, 1.54) is 0 Å². The Labute approximate surface area is 141 Å². The van der Waals surface area contributed by atoms with E-state index >= 15 is 0 Å². The van der Waals surface area contributed by atoms with Crippen LogP contribution < -0.4 is 4.74 Å². The van der Waals surface area contributed by atoms with Crippen molar-refractivity contribution < 1.29 is 14.3 Å². The number of nitrogens with zero attached hydrogens (tertiary/aromatic N) is 2. The van der Waals surface area contributed by atoms with Gasteiger partial charge in [-0.15, -0.1) is 11.8 Å². The van der Waals surface area contributed by atoms with Crippen LogP contribution in [-0.4, -0.2) is 53.6 Å². The van der Waals surface area contributed by atoms with Gasteiger partial charge in [-0.05, 0) is 37.5 Å². The Morgan fingerprint density at radius 1 is 1.26 bits per heavy atom. The van der Waals surface area contributed by atoms with Gasteiger partial charge in [0.25, 0.3) is 0 Å². The molecule has 23 heavy (non-hydrogen) atoms. The van der Waals surface area contributed by atoms with Crippen molar-refractivity contribution >= 4 is 23.6 Å². The molecule has 0 bridgehead atoms. The van der Waals surface area contributed by atoms with Crippen LogP contribution in [0.25, 0.3) is 0 Å². The van der Waals surface area contributed by atoms with Crippen molar-refractivity contribution in [2.45, 2.75) is 30.4 Å². The number of amides is 2. The lowest BCUT2D eigenvalue weighted by molar-refractivity contribution is -0.139. The minimum atomic E-state index is -0.117. The number of benzene rings is 1. The van der Waals surface area contributed by atoms with Crippen LogP contribution in [0, 0.1) is 0 Å².